The zero-order valence-electron chi connectivity index (χ0n) is 5.41. The molecule has 0 fully saturated rings. The van der Waals surface area contributed by atoms with Gasteiger partial charge in [-0.25, -0.2) is 0 Å². The Labute approximate surface area is 75.6 Å². The highest BCUT2D eigenvalue weighted by Gasteiger charge is 2.02. The predicted molar refractivity (Wildman–Crippen MR) is 49.0 cm³/mol. The van der Waals surface area contributed by atoms with E-state index in [1.54, 1.807) is 17.4 Å². The fraction of sp³-hybridized carbons (Fsp3) is 0. The van der Waals surface area contributed by atoms with Crippen molar-refractivity contribution in [2.24, 2.45) is 0 Å². The lowest BCUT2D eigenvalue weighted by atomic mass is 10.4. The number of hydrogen-bond acceptors (Lipinski definition) is 3. The van der Waals surface area contributed by atoms with Crippen molar-refractivity contribution in [1.29, 1.82) is 0 Å². The van der Waals surface area contributed by atoms with E-state index in [0.29, 0.717) is 0 Å². The quantitative estimate of drug-likeness (QED) is 0.754. The Hall–Kier alpha value is -0.610. The van der Waals surface area contributed by atoms with Crippen LogP contribution in [0.3, 0.4) is 0 Å². The lowest BCUT2D eigenvalue weighted by Gasteiger charge is -1.90. The molecular formula is C7H4BrNOS. The van der Waals surface area contributed by atoms with Crippen LogP contribution < -0.4 is 0 Å². The number of halogens is 1. The van der Waals surface area contributed by atoms with E-state index in [0.717, 1.165) is 14.7 Å². The van der Waals surface area contributed by atoms with E-state index in [2.05, 4.69) is 20.9 Å². The summed E-state index contributed by atoms with van der Waals surface area (Å²) >= 11 is 4.92. The van der Waals surface area contributed by atoms with Crippen LogP contribution in [-0.4, -0.2) is 10.1 Å². The van der Waals surface area contributed by atoms with Crippen LogP contribution in [0.2, 0.25) is 0 Å². The molecule has 0 aliphatic carbocycles. The highest BCUT2D eigenvalue weighted by Crippen LogP contribution is 2.30. The van der Waals surface area contributed by atoms with Gasteiger partial charge in [-0.1, -0.05) is 0 Å². The minimum absolute atomic E-state index is 0.215. The van der Waals surface area contributed by atoms with Crippen LogP contribution >= 0.6 is 27.3 Å². The van der Waals surface area contributed by atoms with Gasteiger partial charge in [0.25, 0.3) is 0 Å². The maximum atomic E-state index is 9.07. The van der Waals surface area contributed by atoms with E-state index in [9.17, 15) is 0 Å². The summed E-state index contributed by atoms with van der Waals surface area (Å²) in [5, 5.41) is 11.0. The maximum Gasteiger partial charge on any atom is 0.135 e. The minimum atomic E-state index is 0.215. The Bertz CT molecular complexity index is 398. The topological polar surface area (TPSA) is 33.1 Å². The third-order valence-corrected chi connectivity index (χ3v) is 3.18. The molecule has 0 atom stereocenters. The Balaban J connectivity index is 2.86. The first-order chi connectivity index (χ1) is 5.27. The average Bonchev–Trinajstić information content (AvgIpc) is 2.32. The van der Waals surface area contributed by atoms with Crippen molar-refractivity contribution in [2.45, 2.75) is 0 Å². The first kappa shape index (κ1) is 7.06. The summed E-state index contributed by atoms with van der Waals surface area (Å²) in [6.07, 6.45) is 1.44. The SMILES string of the molecule is Oc1cnc2c(Br)csc2c1. The highest BCUT2D eigenvalue weighted by atomic mass is 79.9. The van der Waals surface area contributed by atoms with E-state index < -0.39 is 0 Å². The van der Waals surface area contributed by atoms with Gasteiger partial charge >= 0.3 is 0 Å². The van der Waals surface area contributed by atoms with Crippen LogP contribution in [0.1, 0.15) is 0 Å². The van der Waals surface area contributed by atoms with Gasteiger partial charge in [0.05, 0.1) is 20.9 Å². The first-order valence-electron chi connectivity index (χ1n) is 2.99. The molecule has 2 nitrogen and oxygen atoms in total. The molecule has 0 amide bonds. The molecule has 0 spiro atoms. The molecular weight excluding hydrogens is 226 g/mol. The Morgan fingerprint density at radius 2 is 2.36 bits per heavy atom. The second-order valence-corrected chi connectivity index (χ2v) is 3.89. The normalized spacial score (nSPS) is 10.6. The number of nitrogens with zero attached hydrogens (tertiary/aromatic N) is 1. The second-order valence-electron chi connectivity index (χ2n) is 2.12. The zero-order valence-corrected chi connectivity index (χ0v) is 7.82. The Morgan fingerprint density at radius 3 is 3.18 bits per heavy atom. The molecule has 0 aromatic carbocycles. The van der Waals surface area contributed by atoms with Crippen LogP contribution in [-0.2, 0) is 0 Å². The molecule has 0 saturated carbocycles. The molecule has 2 aromatic rings. The van der Waals surface area contributed by atoms with Crippen LogP contribution in [0.15, 0.2) is 22.1 Å². The monoisotopic (exact) mass is 229 g/mol. The zero-order chi connectivity index (χ0) is 7.84. The summed E-state index contributed by atoms with van der Waals surface area (Å²) in [6.45, 7) is 0. The molecule has 0 saturated heterocycles. The molecule has 0 bridgehead atoms. The molecule has 11 heavy (non-hydrogen) atoms. The van der Waals surface area contributed by atoms with Gasteiger partial charge in [-0.2, -0.15) is 0 Å². The Morgan fingerprint density at radius 1 is 1.55 bits per heavy atom. The summed E-state index contributed by atoms with van der Waals surface area (Å²) in [5.74, 6) is 0.215. The molecule has 4 heteroatoms. The van der Waals surface area contributed by atoms with E-state index in [4.69, 9.17) is 5.11 Å². The molecule has 0 aliphatic heterocycles. The largest absolute Gasteiger partial charge is 0.506 e. The molecule has 2 rings (SSSR count). The third-order valence-electron chi connectivity index (χ3n) is 1.35. The maximum absolute atomic E-state index is 9.07. The smallest absolute Gasteiger partial charge is 0.135 e. The molecule has 0 radical (unpaired) electrons. The van der Waals surface area contributed by atoms with Crippen molar-refractivity contribution in [3.63, 3.8) is 0 Å². The second kappa shape index (κ2) is 2.46. The van der Waals surface area contributed by atoms with Crippen molar-refractivity contribution in [3.05, 3.63) is 22.1 Å². The van der Waals surface area contributed by atoms with Crippen LogP contribution in [0.5, 0.6) is 5.75 Å². The number of rotatable bonds is 0. The number of fused-ring (bicyclic) bond motifs is 1. The number of aromatic nitrogens is 1. The molecule has 0 aliphatic rings. The number of hydrogen-bond donors (Lipinski definition) is 1. The van der Waals surface area contributed by atoms with Gasteiger partial charge in [-0.3, -0.25) is 4.98 Å². The summed E-state index contributed by atoms with van der Waals surface area (Å²) in [4.78, 5) is 4.05. The number of thiophene rings is 1. The number of pyridine rings is 1. The van der Waals surface area contributed by atoms with Crippen molar-refractivity contribution >= 4 is 37.5 Å². The summed E-state index contributed by atoms with van der Waals surface area (Å²) in [6, 6.07) is 1.71. The first-order valence-corrected chi connectivity index (χ1v) is 4.66. The number of aromatic hydroxyl groups is 1. The van der Waals surface area contributed by atoms with Crippen LogP contribution in [0, 0.1) is 0 Å². The van der Waals surface area contributed by atoms with E-state index >= 15 is 0 Å². The molecule has 2 aromatic heterocycles. The highest BCUT2D eigenvalue weighted by molar-refractivity contribution is 9.10. The van der Waals surface area contributed by atoms with Crippen molar-refractivity contribution < 1.29 is 5.11 Å². The summed E-state index contributed by atoms with van der Waals surface area (Å²) in [5.41, 5.74) is 0.910. The van der Waals surface area contributed by atoms with E-state index in [1.807, 2.05) is 5.38 Å². The summed E-state index contributed by atoms with van der Waals surface area (Å²) < 4.78 is 1.98. The van der Waals surface area contributed by atoms with Crippen LogP contribution in [0.25, 0.3) is 10.2 Å². The van der Waals surface area contributed by atoms with Gasteiger partial charge in [-0.15, -0.1) is 11.3 Å². The lowest BCUT2D eigenvalue weighted by Crippen LogP contribution is -1.71. The van der Waals surface area contributed by atoms with Gasteiger partial charge in [0, 0.05) is 11.4 Å². The predicted octanol–water partition coefficient (Wildman–Crippen LogP) is 2.76. The van der Waals surface area contributed by atoms with E-state index in [-0.39, 0.29) is 5.75 Å². The average molecular weight is 230 g/mol. The van der Waals surface area contributed by atoms with Gasteiger partial charge in [0.1, 0.15) is 5.75 Å². The standard InChI is InChI=1S/C7H4BrNOS/c8-5-3-11-6-1-4(10)2-9-7(5)6/h1-3,10H. The van der Waals surface area contributed by atoms with Gasteiger partial charge in [0.15, 0.2) is 0 Å². The van der Waals surface area contributed by atoms with Crippen molar-refractivity contribution in [3.8, 4) is 5.75 Å². The fourth-order valence-electron chi connectivity index (χ4n) is 0.874. The van der Waals surface area contributed by atoms with Crippen molar-refractivity contribution in [1.82, 2.24) is 4.98 Å². The lowest BCUT2D eigenvalue weighted by molar-refractivity contribution is 0.474. The van der Waals surface area contributed by atoms with Gasteiger partial charge < -0.3 is 5.11 Å². The van der Waals surface area contributed by atoms with Gasteiger partial charge in [0.2, 0.25) is 0 Å². The van der Waals surface area contributed by atoms with E-state index in [1.165, 1.54) is 6.20 Å². The Kier molecular flexibility index (Phi) is 1.58. The fourth-order valence-corrected chi connectivity index (χ4v) is 2.41. The van der Waals surface area contributed by atoms with Crippen molar-refractivity contribution in [2.75, 3.05) is 0 Å². The molecule has 0 unspecified atom stereocenters. The third kappa shape index (κ3) is 1.12. The minimum Gasteiger partial charge on any atom is -0.506 e. The summed E-state index contributed by atoms with van der Waals surface area (Å²) in [7, 11) is 0. The molecule has 1 N–H and O–H groups in total. The van der Waals surface area contributed by atoms with Gasteiger partial charge in [-0.05, 0) is 15.9 Å². The molecule has 56 valence electrons. The van der Waals surface area contributed by atoms with Crippen LogP contribution in [0.4, 0.5) is 0 Å². The molecule has 2 heterocycles.